The van der Waals surface area contributed by atoms with Gasteiger partial charge in [0.2, 0.25) is 8.32 Å². The molecule has 0 atom stereocenters. The van der Waals surface area contributed by atoms with Crippen LogP contribution in [0, 0.1) is 0 Å². The Morgan fingerprint density at radius 1 is 0.870 bits per heavy atom. The molecule has 0 unspecified atom stereocenters. The molecule has 0 N–H and O–H groups in total. The second-order valence-electron chi connectivity index (χ2n) is 5.74. The van der Waals surface area contributed by atoms with Gasteiger partial charge in [0.1, 0.15) is 0 Å². The summed E-state index contributed by atoms with van der Waals surface area (Å²) in [5, 5.41) is 0. The highest BCUT2D eigenvalue weighted by molar-refractivity contribution is 7.83. The maximum Gasteiger partial charge on any atom is 0.390 e. The van der Waals surface area contributed by atoms with Crippen molar-refractivity contribution in [1.29, 1.82) is 0 Å². The molecule has 0 saturated heterocycles. The molecule has 0 saturated carbocycles. The molecule has 0 fully saturated rings. The molecule has 134 valence electrons. The van der Waals surface area contributed by atoms with E-state index in [2.05, 4.69) is 26.7 Å². The molecule has 23 heavy (non-hydrogen) atoms. The van der Waals surface area contributed by atoms with E-state index in [-0.39, 0.29) is 6.61 Å². The van der Waals surface area contributed by atoms with Crippen LogP contribution in [0.4, 0.5) is 0 Å². The molecule has 4 nitrogen and oxygen atoms in total. The topological polar surface area (TPSA) is 52.6 Å². The number of hydrogen-bond donors (Lipinski definition) is 0. The number of hydrogen-bond acceptors (Lipinski definition) is 4. The highest BCUT2D eigenvalue weighted by Crippen LogP contribution is 2.27. The van der Waals surface area contributed by atoms with E-state index in [0.29, 0.717) is 18.1 Å². The van der Waals surface area contributed by atoms with E-state index in [4.69, 9.17) is 8.06 Å². The number of unbranched alkanes of at least 4 members (excludes halogenated alkanes) is 5. The fourth-order valence-electron chi connectivity index (χ4n) is 2.43. The lowest BCUT2D eigenvalue weighted by Crippen LogP contribution is -2.39. The van der Waals surface area contributed by atoms with Gasteiger partial charge in [-0.05, 0) is 24.6 Å². The maximum atomic E-state index is 12.1. The molecular formula is C17H32O4SSi. The van der Waals surface area contributed by atoms with Crippen LogP contribution >= 0.6 is 0 Å². The lowest BCUT2D eigenvalue weighted by molar-refractivity contribution is 0.263. The quantitative estimate of drug-likeness (QED) is 0.217. The SMILES string of the molecule is C=CC[Si](CC=C)(CC=C)OS(=O)(=O)OCCCCCCCC. The summed E-state index contributed by atoms with van der Waals surface area (Å²) in [6.45, 7) is 13.4. The largest absolute Gasteiger partial charge is 0.390 e. The van der Waals surface area contributed by atoms with Crippen molar-refractivity contribution in [2.24, 2.45) is 0 Å². The van der Waals surface area contributed by atoms with Crippen molar-refractivity contribution >= 4 is 18.7 Å². The molecule has 0 aliphatic rings. The van der Waals surface area contributed by atoms with Crippen molar-refractivity contribution in [2.75, 3.05) is 6.61 Å². The van der Waals surface area contributed by atoms with Crippen molar-refractivity contribution < 1.29 is 16.5 Å². The van der Waals surface area contributed by atoms with Gasteiger partial charge in [-0.3, -0.25) is 3.87 Å². The Hall–Kier alpha value is -0.693. The smallest absolute Gasteiger partial charge is 0.293 e. The molecule has 0 aromatic heterocycles. The summed E-state index contributed by atoms with van der Waals surface area (Å²) >= 11 is 0. The predicted molar refractivity (Wildman–Crippen MR) is 100 cm³/mol. The van der Waals surface area contributed by atoms with Gasteiger partial charge in [0, 0.05) is 0 Å². The van der Waals surface area contributed by atoms with Crippen LogP contribution in [0.15, 0.2) is 38.0 Å². The Kier molecular flexibility index (Phi) is 12.3. The average molecular weight is 361 g/mol. The normalized spacial score (nSPS) is 12.0. The van der Waals surface area contributed by atoms with E-state index in [1.807, 2.05) is 0 Å². The molecular weight excluding hydrogens is 328 g/mol. The van der Waals surface area contributed by atoms with Crippen molar-refractivity contribution in [3.63, 3.8) is 0 Å². The van der Waals surface area contributed by atoms with Gasteiger partial charge in [-0.1, -0.05) is 57.3 Å². The maximum absolute atomic E-state index is 12.1. The number of allylic oxidation sites excluding steroid dienone is 3. The van der Waals surface area contributed by atoms with Crippen molar-refractivity contribution in [2.45, 2.75) is 63.6 Å². The molecule has 0 heterocycles. The zero-order chi connectivity index (χ0) is 17.6. The number of rotatable bonds is 16. The summed E-state index contributed by atoms with van der Waals surface area (Å²) in [6, 6.07) is 1.56. The lowest BCUT2D eigenvalue weighted by Gasteiger charge is -2.26. The molecule has 0 spiro atoms. The average Bonchev–Trinajstić information content (AvgIpc) is 2.46. The third-order valence-electron chi connectivity index (χ3n) is 3.55. The lowest BCUT2D eigenvalue weighted by atomic mass is 10.1. The van der Waals surface area contributed by atoms with Crippen LogP contribution in [0.5, 0.6) is 0 Å². The molecule has 0 rings (SSSR count). The minimum absolute atomic E-state index is 0.176. The standard InChI is InChI=1S/C17H32O4SSi/c1-5-9-10-11-12-13-14-20-22(18,19)21-23(15-6-2,16-7-3)17-8-4/h6-8H,2-5,9-17H2,1H3. The first-order valence-electron chi connectivity index (χ1n) is 8.38. The van der Waals surface area contributed by atoms with Gasteiger partial charge in [0.05, 0.1) is 6.61 Å². The fourth-order valence-corrected chi connectivity index (χ4v) is 7.57. The van der Waals surface area contributed by atoms with E-state index in [9.17, 15) is 8.42 Å². The second kappa shape index (κ2) is 12.7. The molecule has 0 radical (unpaired) electrons. The Bertz CT molecular complexity index is 419. The molecule has 0 aromatic carbocycles. The van der Waals surface area contributed by atoms with Crippen molar-refractivity contribution in [1.82, 2.24) is 0 Å². The van der Waals surface area contributed by atoms with Crippen LogP contribution in [0.25, 0.3) is 0 Å². The van der Waals surface area contributed by atoms with Crippen molar-refractivity contribution in [3.8, 4) is 0 Å². The molecule has 0 aliphatic carbocycles. The van der Waals surface area contributed by atoms with Crippen LogP contribution in [0.1, 0.15) is 45.4 Å². The van der Waals surface area contributed by atoms with Gasteiger partial charge in [-0.15, -0.1) is 19.7 Å². The van der Waals surface area contributed by atoms with Crippen LogP contribution < -0.4 is 0 Å². The summed E-state index contributed by atoms with van der Waals surface area (Å²) < 4.78 is 34.7. The Morgan fingerprint density at radius 3 is 1.83 bits per heavy atom. The second-order valence-corrected chi connectivity index (χ2v) is 11.1. The Balaban J connectivity index is 4.45. The molecule has 0 aromatic rings. The Morgan fingerprint density at radius 2 is 1.35 bits per heavy atom. The first-order valence-corrected chi connectivity index (χ1v) is 12.2. The zero-order valence-corrected chi connectivity index (χ0v) is 16.3. The molecule has 0 amide bonds. The van der Waals surface area contributed by atoms with Gasteiger partial charge in [-0.2, -0.15) is 8.42 Å². The summed E-state index contributed by atoms with van der Waals surface area (Å²) in [4.78, 5) is 0. The first-order chi connectivity index (χ1) is 10.9. The molecule has 6 heteroatoms. The fraction of sp³-hybridized carbons (Fsp3) is 0.647. The minimum atomic E-state index is -3.98. The third-order valence-corrected chi connectivity index (χ3v) is 9.34. The van der Waals surface area contributed by atoms with E-state index in [1.165, 1.54) is 19.3 Å². The van der Waals surface area contributed by atoms with Gasteiger partial charge in [0.25, 0.3) is 0 Å². The summed E-state index contributed by atoms with van der Waals surface area (Å²) in [6.07, 6.45) is 11.5. The summed E-state index contributed by atoms with van der Waals surface area (Å²) in [5.41, 5.74) is 0. The van der Waals surface area contributed by atoms with Gasteiger partial charge < -0.3 is 0 Å². The van der Waals surface area contributed by atoms with Gasteiger partial charge in [-0.25, -0.2) is 4.18 Å². The zero-order valence-electron chi connectivity index (χ0n) is 14.5. The summed E-state index contributed by atoms with van der Waals surface area (Å²) in [5.74, 6) is 0. The van der Waals surface area contributed by atoms with Gasteiger partial charge in [0.15, 0.2) is 0 Å². The van der Waals surface area contributed by atoms with E-state index in [1.54, 1.807) is 18.2 Å². The van der Waals surface area contributed by atoms with Crippen LogP contribution in [-0.4, -0.2) is 23.3 Å². The predicted octanol–water partition coefficient (Wildman–Crippen LogP) is 5.13. The molecule has 0 aliphatic heterocycles. The van der Waals surface area contributed by atoms with Crippen LogP contribution in [0.2, 0.25) is 18.1 Å². The van der Waals surface area contributed by atoms with E-state index < -0.39 is 18.7 Å². The van der Waals surface area contributed by atoms with Crippen LogP contribution in [-0.2, 0) is 18.5 Å². The third kappa shape index (κ3) is 10.7. The van der Waals surface area contributed by atoms with Gasteiger partial charge >= 0.3 is 10.4 Å². The van der Waals surface area contributed by atoms with E-state index >= 15 is 0 Å². The monoisotopic (exact) mass is 360 g/mol. The minimum Gasteiger partial charge on any atom is -0.293 e. The highest BCUT2D eigenvalue weighted by Gasteiger charge is 2.37. The van der Waals surface area contributed by atoms with E-state index in [0.717, 1.165) is 19.3 Å². The van der Waals surface area contributed by atoms with Crippen LogP contribution in [0.3, 0.4) is 0 Å². The highest BCUT2D eigenvalue weighted by atomic mass is 32.3. The first kappa shape index (κ1) is 22.3. The summed E-state index contributed by atoms with van der Waals surface area (Å²) in [7, 11) is -6.57. The Labute approximate surface area is 143 Å². The molecule has 0 bridgehead atoms. The van der Waals surface area contributed by atoms with Crippen molar-refractivity contribution in [3.05, 3.63) is 38.0 Å².